The molecule has 0 spiro atoms. The van der Waals surface area contributed by atoms with E-state index in [0.717, 1.165) is 6.42 Å². The lowest BCUT2D eigenvalue weighted by atomic mass is 10.0. The van der Waals surface area contributed by atoms with E-state index in [2.05, 4.69) is 174 Å². The first-order chi connectivity index (χ1) is 23.8. The van der Waals surface area contributed by atoms with Gasteiger partial charge in [0.2, 0.25) is 0 Å². The highest BCUT2D eigenvalue weighted by molar-refractivity contribution is 6.10. The molecule has 240 valence electrons. The molecule has 0 bridgehead atoms. The second kappa shape index (κ2) is 16.3. The summed E-state index contributed by atoms with van der Waals surface area (Å²) in [5, 5.41) is 5.12. The molecule has 8 rings (SSSR count). The maximum Gasteiger partial charge on any atom is 0.0541 e. The van der Waals surface area contributed by atoms with Crippen LogP contribution in [0.5, 0.6) is 0 Å². The molecule has 0 saturated heterocycles. The van der Waals surface area contributed by atoms with Gasteiger partial charge in [-0.2, -0.15) is 0 Å². The third-order valence-electron chi connectivity index (χ3n) is 8.21. The second-order valence-corrected chi connectivity index (χ2v) is 10.9. The fourth-order valence-electron chi connectivity index (χ4n) is 6.28. The van der Waals surface area contributed by atoms with Crippen LogP contribution < -0.4 is 0 Å². The minimum absolute atomic E-state index is 1.10. The van der Waals surface area contributed by atoms with Crippen LogP contribution in [0.3, 0.4) is 0 Å². The van der Waals surface area contributed by atoms with Crippen LogP contribution in [0.1, 0.15) is 41.0 Å². The van der Waals surface area contributed by atoms with Gasteiger partial charge in [-0.15, -0.1) is 0 Å². The molecule has 0 aliphatic rings. The summed E-state index contributed by atoms with van der Waals surface area (Å²) in [4.78, 5) is 0. The molecule has 8 aromatic rings. The van der Waals surface area contributed by atoms with Crippen molar-refractivity contribution in [1.29, 1.82) is 0 Å². The molecule has 0 N–H and O–H groups in total. The molecule has 2 aromatic heterocycles. The van der Waals surface area contributed by atoms with Crippen LogP contribution >= 0.6 is 0 Å². The summed E-state index contributed by atoms with van der Waals surface area (Å²) in [5.74, 6) is 0. The van der Waals surface area contributed by atoms with Gasteiger partial charge >= 0.3 is 0 Å². The number of benzene rings is 6. The van der Waals surface area contributed by atoms with Crippen molar-refractivity contribution in [3.05, 3.63) is 170 Å². The Hall–Kier alpha value is -5.60. The Balaban J connectivity index is 0.000000404. The standard InChI is InChI=1S/C36H24N2.C6H10.2C2H6/c1-5-19-33-29(15-1)30-16-2-6-20-34(30)37(33)27-13-9-11-25(23-27)26-12-10-14-28(24-26)38-35-21-7-3-17-31(35)32-18-4-8-22-36(32)38;1-3-5-6-4-2;2*1-2/h1-24H;3,5-6H,1,4H2,2H3;2*1-2H3/b;6-5-;;. The molecule has 6 aromatic carbocycles. The first kappa shape index (κ1) is 33.8. The van der Waals surface area contributed by atoms with Gasteiger partial charge in [0.05, 0.1) is 22.1 Å². The van der Waals surface area contributed by atoms with Crippen LogP contribution in [-0.4, -0.2) is 9.13 Å². The van der Waals surface area contributed by atoms with Gasteiger partial charge in [-0.05, 0) is 66.1 Å². The predicted octanol–water partition coefficient (Wildman–Crippen LogP) is 13.7. The summed E-state index contributed by atoms with van der Waals surface area (Å²) in [6.07, 6.45) is 6.89. The Bertz CT molecular complexity index is 2030. The molecule has 48 heavy (non-hydrogen) atoms. The first-order valence-electron chi connectivity index (χ1n) is 17.2. The number of nitrogens with zero attached hydrogens (tertiary/aromatic N) is 2. The molecular formula is C46H46N2. The summed E-state index contributed by atoms with van der Waals surface area (Å²) in [6.45, 7) is 13.6. The van der Waals surface area contributed by atoms with Crippen molar-refractivity contribution in [2.24, 2.45) is 0 Å². The van der Waals surface area contributed by atoms with Crippen molar-refractivity contribution in [3.8, 4) is 22.5 Å². The summed E-state index contributed by atoms with van der Waals surface area (Å²) in [7, 11) is 0. The average Bonchev–Trinajstić information content (AvgIpc) is 3.69. The van der Waals surface area contributed by atoms with E-state index in [-0.39, 0.29) is 0 Å². The molecule has 2 heteroatoms. The van der Waals surface area contributed by atoms with Crippen LogP contribution in [-0.2, 0) is 0 Å². The Labute approximate surface area is 285 Å². The van der Waals surface area contributed by atoms with Crippen molar-refractivity contribution < 1.29 is 0 Å². The highest BCUT2D eigenvalue weighted by Crippen LogP contribution is 2.35. The van der Waals surface area contributed by atoms with Gasteiger partial charge in [0.1, 0.15) is 0 Å². The minimum Gasteiger partial charge on any atom is -0.309 e. The van der Waals surface area contributed by atoms with Crippen molar-refractivity contribution in [2.75, 3.05) is 0 Å². The largest absolute Gasteiger partial charge is 0.309 e. The summed E-state index contributed by atoms with van der Waals surface area (Å²) < 4.78 is 4.76. The van der Waals surface area contributed by atoms with E-state index in [9.17, 15) is 0 Å². The van der Waals surface area contributed by atoms with E-state index < -0.39 is 0 Å². The van der Waals surface area contributed by atoms with E-state index >= 15 is 0 Å². The number of aromatic nitrogens is 2. The maximum atomic E-state index is 3.51. The van der Waals surface area contributed by atoms with Crippen LogP contribution in [0.25, 0.3) is 66.1 Å². The van der Waals surface area contributed by atoms with Gasteiger partial charge in [-0.25, -0.2) is 0 Å². The number of allylic oxidation sites excluding steroid dienone is 3. The number of fused-ring (bicyclic) bond motifs is 6. The Morgan fingerprint density at radius 2 is 0.792 bits per heavy atom. The van der Waals surface area contributed by atoms with Gasteiger partial charge in [-0.3, -0.25) is 0 Å². The highest BCUT2D eigenvalue weighted by Gasteiger charge is 2.14. The number of hydrogen-bond acceptors (Lipinski definition) is 0. The molecule has 2 nitrogen and oxygen atoms in total. The van der Waals surface area contributed by atoms with Crippen molar-refractivity contribution >= 4 is 43.6 Å². The fraction of sp³-hybridized carbons (Fsp3) is 0.130. The smallest absolute Gasteiger partial charge is 0.0541 e. The lowest BCUT2D eigenvalue weighted by Gasteiger charge is -2.12. The Morgan fingerprint density at radius 1 is 0.458 bits per heavy atom. The zero-order valence-corrected chi connectivity index (χ0v) is 28.9. The second-order valence-electron chi connectivity index (χ2n) is 10.9. The summed E-state index contributed by atoms with van der Waals surface area (Å²) in [5.41, 5.74) is 9.65. The topological polar surface area (TPSA) is 9.86 Å². The zero-order valence-electron chi connectivity index (χ0n) is 28.9. The molecule has 0 fully saturated rings. The third kappa shape index (κ3) is 6.61. The van der Waals surface area contributed by atoms with Gasteiger partial charge in [-0.1, -0.05) is 156 Å². The van der Waals surface area contributed by atoms with Gasteiger partial charge in [0.25, 0.3) is 0 Å². The van der Waals surface area contributed by atoms with Crippen molar-refractivity contribution in [3.63, 3.8) is 0 Å². The number of rotatable bonds is 5. The number of hydrogen-bond donors (Lipinski definition) is 0. The monoisotopic (exact) mass is 626 g/mol. The average molecular weight is 627 g/mol. The minimum atomic E-state index is 1.10. The lowest BCUT2D eigenvalue weighted by molar-refractivity contribution is 1.17. The fourth-order valence-corrected chi connectivity index (χ4v) is 6.28. The molecule has 0 radical (unpaired) electrons. The van der Waals surface area contributed by atoms with E-state index in [1.165, 1.54) is 66.1 Å². The van der Waals surface area contributed by atoms with E-state index in [1.54, 1.807) is 6.08 Å². The zero-order chi connectivity index (χ0) is 33.9. The summed E-state index contributed by atoms with van der Waals surface area (Å²) >= 11 is 0. The van der Waals surface area contributed by atoms with Gasteiger partial charge < -0.3 is 9.13 Å². The van der Waals surface area contributed by atoms with Crippen LogP contribution in [0, 0.1) is 0 Å². The molecule has 0 atom stereocenters. The third-order valence-corrected chi connectivity index (χ3v) is 8.21. The first-order valence-corrected chi connectivity index (χ1v) is 17.2. The van der Waals surface area contributed by atoms with E-state index in [4.69, 9.17) is 0 Å². The molecular weight excluding hydrogens is 581 g/mol. The number of para-hydroxylation sites is 4. The SMILES string of the molecule is C=C/C=C\CC.CC.CC.c1cc(-c2cccc(-n3c4ccccc4c4ccccc43)c2)cc(-n2c3ccccc3c3ccccc32)c1. The quantitative estimate of drug-likeness (QED) is 0.168. The molecule has 2 heterocycles. The predicted molar refractivity (Wildman–Crippen MR) is 213 cm³/mol. The van der Waals surface area contributed by atoms with Crippen LogP contribution in [0.15, 0.2) is 170 Å². The van der Waals surface area contributed by atoms with E-state index in [1.807, 2.05) is 33.8 Å². The van der Waals surface area contributed by atoms with Crippen molar-refractivity contribution in [1.82, 2.24) is 9.13 Å². The molecule has 0 aliphatic heterocycles. The van der Waals surface area contributed by atoms with E-state index in [0.29, 0.717) is 0 Å². The van der Waals surface area contributed by atoms with Crippen molar-refractivity contribution in [2.45, 2.75) is 41.0 Å². The van der Waals surface area contributed by atoms with Gasteiger partial charge in [0.15, 0.2) is 0 Å². The van der Waals surface area contributed by atoms with Crippen LogP contribution in [0.4, 0.5) is 0 Å². The molecule has 0 unspecified atom stereocenters. The molecule has 0 aliphatic carbocycles. The normalized spacial score (nSPS) is 10.7. The van der Waals surface area contributed by atoms with Crippen LogP contribution in [0.2, 0.25) is 0 Å². The highest BCUT2D eigenvalue weighted by atomic mass is 15.0. The van der Waals surface area contributed by atoms with Gasteiger partial charge in [0, 0.05) is 32.9 Å². The summed E-state index contributed by atoms with van der Waals surface area (Å²) in [6, 6.07) is 52.5. The molecule has 0 saturated carbocycles. The Morgan fingerprint density at radius 3 is 1.08 bits per heavy atom. The molecule has 0 amide bonds. The lowest BCUT2D eigenvalue weighted by Crippen LogP contribution is -1.95. The Kier molecular flexibility index (Phi) is 11.5. The maximum absolute atomic E-state index is 3.51.